The van der Waals surface area contributed by atoms with E-state index in [1.807, 2.05) is 18.2 Å². The van der Waals surface area contributed by atoms with Gasteiger partial charge < -0.3 is 26.2 Å². The average molecular weight is 575 g/mol. The lowest BCUT2D eigenvalue weighted by Crippen LogP contribution is -3.00. The van der Waals surface area contributed by atoms with Gasteiger partial charge in [-0.2, -0.15) is 0 Å². The number of rotatable bonds is 6. The highest BCUT2D eigenvalue weighted by atomic mass is 79.9. The third kappa shape index (κ3) is 5.70. The van der Waals surface area contributed by atoms with E-state index >= 15 is 0 Å². The van der Waals surface area contributed by atoms with Crippen molar-refractivity contribution < 1.29 is 44.2 Å². The van der Waals surface area contributed by atoms with Crippen molar-refractivity contribution in [1.82, 2.24) is 0 Å². The van der Waals surface area contributed by atoms with E-state index < -0.39 is 23.5 Å². The Labute approximate surface area is 226 Å². The summed E-state index contributed by atoms with van der Waals surface area (Å²) in [6, 6.07) is 19.8. The van der Waals surface area contributed by atoms with Crippen LogP contribution in [0.25, 0.3) is 0 Å². The summed E-state index contributed by atoms with van der Waals surface area (Å²) >= 11 is 0. The summed E-state index contributed by atoms with van der Waals surface area (Å²) in [7, 11) is 0. The molecule has 3 aromatic rings. The van der Waals surface area contributed by atoms with Crippen LogP contribution >= 0.6 is 0 Å². The molecular weight excluding hydrogens is 545 g/mol. The minimum atomic E-state index is -1.00. The Kier molecular flexibility index (Phi) is 8.29. The number of anilines is 1. The maximum absolute atomic E-state index is 14.0. The first-order valence-corrected chi connectivity index (χ1v) is 12.4. The van der Waals surface area contributed by atoms with Crippen LogP contribution in [0.15, 0.2) is 72.8 Å². The predicted octanol–water partition coefficient (Wildman–Crippen LogP) is 3.62. The van der Waals surface area contributed by atoms with Crippen molar-refractivity contribution in [3.63, 3.8) is 0 Å². The highest BCUT2D eigenvalue weighted by Gasteiger charge is 2.50. The second-order valence-corrected chi connectivity index (χ2v) is 10.0. The van der Waals surface area contributed by atoms with Gasteiger partial charge in [-0.15, -0.1) is 0 Å². The lowest BCUT2D eigenvalue weighted by molar-refractivity contribution is -0.972. The largest absolute Gasteiger partial charge is 1.00 e. The minimum absolute atomic E-state index is 0. The van der Waals surface area contributed by atoms with Crippen LogP contribution < -0.4 is 21.9 Å². The number of hydrogen-bond donors (Lipinski definition) is 0. The van der Waals surface area contributed by atoms with Crippen LogP contribution in [0.5, 0.6) is 0 Å². The number of hydrogen-bond acceptors (Lipinski definition) is 2. The van der Waals surface area contributed by atoms with Crippen molar-refractivity contribution in [3.8, 4) is 0 Å². The predicted molar refractivity (Wildman–Crippen MR) is 132 cm³/mol. The normalized spacial score (nSPS) is 23.1. The Bertz CT molecular complexity index is 1230. The highest BCUT2D eigenvalue weighted by Crippen LogP contribution is 2.42. The molecule has 3 aromatic carbocycles. The molecule has 0 N–H and O–H groups in total. The fourth-order valence-corrected chi connectivity index (χ4v) is 5.81. The number of ether oxygens (including phenoxy) is 1. The Morgan fingerprint density at radius 2 is 1.70 bits per heavy atom. The van der Waals surface area contributed by atoms with Gasteiger partial charge in [0.1, 0.15) is 18.4 Å². The molecule has 3 aliphatic heterocycles. The van der Waals surface area contributed by atoms with Crippen LogP contribution in [-0.4, -0.2) is 36.3 Å². The molecule has 2 bridgehead atoms. The maximum atomic E-state index is 14.0. The summed E-state index contributed by atoms with van der Waals surface area (Å²) in [4.78, 5) is 14.8. The van der Waals surface area contributed by atoms with E-state index in [-0.39, 0.29) is 41.6 Å². The van der Waals surface area contributed by atoms with Crippen molar-refractivity contribution in [3.05, 3.63) is 101 Å². The van der Waals surface area contributed by atoms with Crippen molar-refractivity contribution >= 4 is 11.8 Å². The number of amides is 1. The molecule has 3 saturated heterocycles. The summed E-state index contributed by atoms with van der Waals surface area (Å²) in [5.74, 6) is -2.19. The Hall–Kier alpha value is -2.84. The number of carbonyl (C=O) groups excluding carboxylic acids is 1. The molecule has 0 aliphatic carbocycles. The fourth-order valence-electron chi connectivity index (χ4n) is 5.81. The summed E-state index contributed by atoms with van der Waals surface area (Å²) in [5, 5.41) is 0. The van der Waals surface area contributed by atoms with Crippen LogP contribution in [-0.2, 0) is 11.3 Å². The van der Waals surface area contributed by atoms with Gasteiger partial charge in [0.05, 0.1) is 25.3 Å². The van der Waals surface area contributed by atoms with Gasteiger partial charge in [-0.3, -0.25) is 4.90 Å². The number of benzene rings is 3. The first-order chi connectivity index (χ1) is 17.3. The number of carbonyl (C=O) groups is 1. The Balaban J connectivity index is 0.00000320. The van der Waals surface area contributed by atoms with Crippen LogP contribution in [0, 0.1) is 23.4 Å². The molecule has 6 rings (SSSR count). The lowest BCUT2D eigenvalue weighted by Gasteiger charge is -2.55. The second-order valence-electron chi connectivity index (χ2n) is 10.0. The van der Waals surface area contributed by atoms with Gasteiger partial charge in [-0.05, 0) is 42.8 Å². The minimum Gasteiger partial charge on any atom is -1.00 e. The third-order valence-corrected chi connectivity index (χ3v) is 7.98. The molecule has 2 atom stereocenters. The van der Waals surface area contributed by atoms with Crippen LogP contribution in [0.4, 0.5) is 23.7 Å². The maximum Gasteiger partial charge on any atom is 0.415 e. The first kappa shape index (κ1) is 27.2. The van der Waals surface area contributed by atoms with Gasteiger partial charge in [0, 0.05) is 24.3 Å². The fraction of sp³-hybridized carbons (Fsp3) is 0.345. The molecule has 1 unspecified atom stereocenters. The Morgan fingerprint density at radius 3 is 2.38 bits per heavy atom. The number of nitrogens with zero attached hydrogens (tertiary/aromatic N) is 2. The van der Waals surface area contributed by atoms with E-state index in [0.717, 1.165) is 42.5 Å². The van der Waals surface area contributed by atoms with E-state index in [1.165, 1.54) is 34.7 Å². The van der Waals surface area contributed by atoms with Gasteiger partial charge in [0.2, 0.25) is 0 Å². The van der Waals surface area contributed by atoms with Gasteiger partial charge in [0.15, 0.2) is 17.7 Å². The quantitative estimate of drug-likeness (QED) is 0.421. The van der Waals surface area contributed by atoms with Crippen molar-refractivity contribution in [2.75, 3.05) is 24.5 Å². The van der Waals surface area contributed by atoms with E-state index in [1.54, 1.807) is 6.07 Å². The molecule has 3 aliphatic rings. The molecule has 37 heavy (non-hydrogen) atoms. The zero-order chi connectivity index (χ0) is 25.3. The van der Waals surface area contributed by atoms with E-state index in [2.05, 4.69) is 19.1 Å². The van der Waals surface area contributed by atoms with Crippen LogP contribution in [0.3, 0.4) is 0 Å². The summed E-state index contributed by atoms with van der Waals surface area (Å²) in [5.41, 5.74) is 1.94. The lowest BCUT2D eigenvalue weighted by atomic mass is 9.81. The van der Waals surface area contributed by atoms with Gasteiger partial charge in [-0.25, -0.2) is 18.0 Å². The molecule has 0 saturated carbocycles. The summed E-state index contributed by atoms with van der Waals surface area (Å²) in [6.07, 6.45) is 1.05. The number of halogens is 4. The molecule has 0 radical (unpaired) electrons. The molecule has 4 nitrogen and oxygen atoms in total. The van der Waals surface area contributed by atoms with E-state index in [4.69, 9.17) is 4.74 Å². The molecule has 0 spiro atoms. The molecule has 196 valence electrons. The molecule has 8 heteroatoms. The zero-order valence-electron chi connectivity index (χ0n) is 20.6. The summed E-state index contributed by atoms with van der Waals surface area (Å²) < 4.78 is 48.3. The van der Waals surface area contributed by atoms with Crippen LogP contribution in [0.2, 0.25) is 0 Å². The van der Waals surface area contributed by atoms with Gasteiger partial charge in [-0.1, -0.05) is 42.5 Å². The van der Waals surface area contributed by atoms with Crippen molar-refractivity contribution in [2.45, 2.75) is 38.5 Å². The number of fused-ring (bicyclic) bond motifs is 3. The summed E-state index contributed by atoms with van der Waals surface area (Å²) in [6.45, 7) is 4.96. The third-order valence-electron chi connectivity index (χ3n) is 7.98. The van der Waals surface area contributed by atoms with Crippen molar-refractivity contribution in [1.29, 1.82) is 0 Å². The smallest absolute Gasteiger partial charge is 0.415 e. The number of piperidine rings is 3. The van der Waals surface area contributed by atoms with Crippen LogP contribution in [0.1, 0.15) is 36.9 Å². The zero-order valence-corrected chi connectivity index (χ0v) is 22.2. The number of quaternary nitrogens is 1. The Morgan fingerprint density at radius 1 is 0.973 bits per heavy atom. The second kappa shape index (κ2) is 11.3. The molecule has 3 fully saturated rings. The van der Waals surface area contributed by atoms with Crippen molar-refractivity contribution in [2.24, 2.45) is 5.92 Å². The monoisotopic (exact) mass is 574 g/mol. The molecule has 0 aromatic heterocycles. The molecular formula is C29H30BrF3N2O2. The van der Waals surface area contributed by atoms with Gasteiger partial charge in [0.25, 0.3) is 0 Å². The SMILES string of the molecule is CC(c1ccccc1)[N+]12CCC(CC1)[C@@H](OC(=O)N(Cc1ccc(F)c(F)c1)c1cccc(F)c1)C2.[Br-]. The average Bonchev–Trinajstić information content (AvgIpc) is 2.90. The van der Waals surface area contributed by atoms with E-state index in [0.29, 0.717) is 17.8 Å². The topological polar surface area (TPSA) is 29.5 Å². The molecule has 3 heterocycles. The highest BCUT2D eigenvalue weighted by molar-refractivity contribution is 5.87. The van der Waals surface area contributed by atoms with E-state index in [9.17, 15) is 18.0 Å². The first-order valence-electron chi connectivity index (χ1n) is 12.4. The molecule has 1 amide bonds. The van der Waals surface area contributed by atoms with Gasteiger partial charge >= 0.3 is 6.09 Å². The standard InChI is InChI=1S/C29H30F3N2O2.BrH/c1-20(22-6-3-2-4-7-22)34-14-12-23(13-15-34)28(19-34)36-29(35)33(25-9-5-8-24(30)17-25)18-21-10-11-26(31)27(32)16-21;/h2-11,16-17,20,23,28H,12-15,18-19H2,1H3;1H/q+1;/p-1/t20?,23?,28-,34?;/m0./s1.